The first-order valence-corrected chi connectivity index (χ1v) is 10.9. The fraction of sp³-hybridized carbons (Fsp3) is 0.333. The standard InChI is InChI=1S/C27H34N/c1-3-5-6-10-17-24(4-2)28(25-18-11-7-12-19-25,26-20-13-8-14-21-26)27-22-15-9-16-23-27/h7-9,11-16,18-24H,3-6,10,17H2,1-2H3/q+1. The van der Waals surface area contributed by atoms with Crippen molar-refractivity contribution in [2.45, 2.75) is 58.4 Å². The van der Waals surface area contributed by atoms with E-state index in [1.807, 2.05) is 0 Å². The summed E-state index contributed by atoms with van der Waals surface area (Å²) in [5, 5.41) is 0. The molecule has 1 atom stereocenters. The van der Waals surface area contributed by atoms with Gasteiger partial charge in [-0.05, 0) is 49.2 Å². The molecule has 0 N–H and O–H groups in total. The molecule has 0 saturated heterocycles. The van der Waals surface area contributed by atoms with Gasteiger partial charge in [0.15, 0.2) is 0 Å². The molecule has 0 aliphatic carbocycles. The Balaban J connectivity index is 2.18. The van der Waals surface area contributed by atoms with Crippen LogP contribution >= 0.6 is 0 Å². The van der Waals surface area contributed by atoms with E-state index < -0.39 is 0 Å². The highest BCUT2D eigenvalue weighted by Crippen LogP contribution is 2.47. The molecule has 3 aromatic rings. The number of quaternary nitrogens is 1. The van der Waals surface area contributed by atoms with Gasteiger partial charge in [-0.3, -0.25) is 0 Å². The first-order valence-electron chi connectivity index (χ1n) is 10.9. The molecule has 1 nitrogen and oxygen atoms in total. The van der Waals surface area contributed by atoms with Crippen LogP contribution in [0.4, 0.5) is 17.1 Å². The highest BCUT2D eigenvalue weighted by molar-refractivity contribution is 5.71. The minimum Gasteiger partial charge on any atom is -0.224 e. The van der Waals surface area contributed by atoms with Crippen LogP contribution in [-0.2, 0) is 0 Å². The largest absolute Gasteiger partial charge is 0.224 e. The lowest BCUT2D eigenvalue weighted by Crippen LogP contribution is -2.48. The molecule has 1 heteroatoms. The lowest BCUT2D eigenvalue weighted by molar-refractivity contribution is 0.338. The summed E-state index contributed by atoms with van der Waals surface area (Å²) >= 11 is 0. The van der Waals surface area contributed by atoms with Crippen LogP contribution < -0.4 is 4.48 Å². The molecule has 3 aromatic carbocycles. The summed E-state index contributed by atoms with van der Waals surface area (Å²) in [7, 11) is 0. The normalized spacial score (nSPS) is 12.6. The number of benzene rings is 3. The molecule has 0 aliphatic heterocycles. The minimum absolute atomic E-state index is 0.504. The quantitative estimate of drug-likeness (QED) is 0.247. The van der Waals surface area contributed by atoms with E-state index in [0.717, 1.165) is 10.9 Å². The molecular weight excluding hydrogens is 338 g/mol. The van der Waals surface area contributed by atoms with Crippen molar-refractivity contribution >= 4 is 17.1 Å². The van der Waals surface area contributed by atoms with Crippen LogP contribution in [0.3, 0.4) is 0 Å². The van der Waals surface area contributed by atoms with Crippen molar-refractivity contribution in [1.82, 2.24) is 4.48 Å². The molecule has 0 fully saturated rings. The molecular formula is C27H34N+. The van der Waals surface area contributed by atoms with Crippen molar-refractivity contribution in [2.24, 2.45) is 0 Å². The van der Waals surface area contributed by atoms with Gasteiger partial charge in [-0.2, -0.15) is 0 Å². The molecule has 0 amide bonds. The van der Waals surface area contributed by atoms with Gasteiger partial charge in [-0.25, -0.2) is 4.48 Å². The zero-order chi connectivity index (χ0) is 19.7. The van der Waals surface area contributed by atoms with Gasteiger partial charge in [0, 0.05) is 6.42 Å². The summed E-state index contributed by atoms with van der Waals surface area (Å²) in [5.74, 6) is 0. The van der Waals surface area contributed by atoms with E-state index in [2.05, 4.69) is 105 Å². The van der Waals surface area contributed by atoms with Crippen LogP contribution in [0.1, 0.15) is 52.4 Å². The summed E-state index contributed by atoms with van der Waals surface area (Å²) in [4.78, 5) is 0. The molecule has 0 aromatic heterocycles. The zero-order valence-corrected chi connectivity index (χ0v) is 17.4. The third-order valence-electron chi connectivity index (χ3n) is 5.90. The van der Waals surface area contributed by atoms with E-state index >= 15 is 0 Å². The van der Waals surface area contributed by atoms with Crippen LogP contribution in [0.25, 0.3) is 0 Å². The van der Waals surface area contributed by atoms with Crippen molar-refractivity contribution in [1.29, 1.82) is 0 Å². The van der Waals surface area contributed by atoms with Crippen molar-refractivity contribution in [2.75, 3.05) is 0 Å². The SMILES string of the molecule is CCCCCCC(CC)[N+](c1ccccc1)(c1ccccc1)c1ccccc1. The molecule has 0 aliphatic rings. The summed E-state index contributed by atoms with van der Waals surface area (Å²) in [6.45, 7) is 4.64. The smallest absolute Gasteiger partial charge is 0.143 e. The second-order valence-electron chi connectivity index (χ2n) is 7.64. The van der Waals surface area contributed by atoms with Gasteiger partial charge in [-0.1, -0.05) is 87.7 Å². The monoisotopic (exact) mass is 372 g/mol. The molecule has 0 saturated carbocycles. The van der Waals surface area contributed by atoms with Crippen molar-refractivity contribution in [3.05, 3.63) is 91.0 Å². The first kappa shape index (κ1) is 20.4. The van der Waals surface area contributed by atoms with Gasteiger partial charge < -0.3 is 0 Å². The van der Waals surface area contributed by atoms with Crippen LogP contribution in [0.15, 0.2) is 91.0 Å². The highest BCUT2D eigenvalue weighted by Gasteiger charge is 2.42. The number of para-hydroxylation sites is 3. The summed E-state index contributed by atoms with van der Waals surface area (Å²) < 4.78 is 0.797. The van der Waals surface area contributed by atoms with Crippen LogP contribution in [0, 0.1) is 0 Å². The Morgan fingerprint density at radius 3 is 1.36 bits per heavy atom. The van der Waals surface area contributed by atoms with Crippen LogP contribution in [-0.4, -0.2) is 6.04 Å². The summed E-state index contributed by atoms with van der Waals surface area (Å²) in [6.07, 6.45) is 7.61. The molecule has 0 spiro atoms. The third-order valence-corrected chi connectivity index (χ3v) is 5.90. The number of hydrogen-bond donors (Lipinski definition) is 0. The van der Waals surface area contributed by atoms with Crippen molar-refractivity contribution in [3.8, 4) is 0 Å². The predicted octanol–water partition coefficient (Wildman–Crippen LogP) is 8.41. The van der Waals surface area contributed by atoms with Gasteiger partial charge in [0.2, 0.25) is 0 Å². The maximum Gasteiger partial charge on any atom is 0.143 e. The second-order valence-corrected chi connectivity index (χ2v) is 7.64. The Bertz CT molecular complexity index is 699. The lowest BCUT2D eigenvalue weighted by atomic mass is 9.96. The van der Waals surface area contributed by atoms with E-state index in [1.165, 1.54) is 49.2 Å². The molecule has 0 radical (unpaired) electrons. The van der Waals surface area contributed by atoms with Gasteiger partial charge in [0.25, 0.3) is 0 Å². The van der Waals surface area contributed by atoms with E-state index in [1.54, 1.807) is 0 Å². The highest BCUT2D eigenvalue weighted by atomic mass is 15.4. The van der Waals surface area contributed by atoms with Crippen LogP contribution in [0.2, 0.25) is 0 Å². The minimum atomic E-state index is 0.504. The lowest BCUT2D eigenvalue weighted by Gasteiger charge is -2.43. The Morgan fingerprint density at radius 1 is 0.571 bits per heavy atom. The predicted molar refractivity (Wildman–Crippen MR) is 123 cm³/mol. The number of unbranched alkanes of at least 4 members (excludes halogenated alkanes) is 3. The van der Waals surface area contributed by atoms with Gasteiger partial charge in [0.05, 0.1) is 0 Å². The fourth-order valence-electron chi connectivity index (χ4n) is 4.55. The number of rotatable bonds is 10. The third kappa shape index (κ3) is 4.20. The van der Waals surface area contributed by atoms with Crippen LogP contribution in [0.5, 0.6) is 0 Å². The Morgan fingerprint density at radius 2 is 1.00 bits per heavy atom. The zero-order valence-electron chi connectivity index (χ0n) is 17.4. The maximum absolute atomic E-state index is 2.35. The average molecular weight is 373 g/mol. The molecule has 0 bridgehead atoms. The molecule has 3 rings (SSSR count). The topological polar surface area (TPSA) is 0 Å². The van der Waals surface area contributed by atoms with E-state index in [0.29, 0.717) is 6.04 Å². The number of nitrogens with zero attached hydrogens (tertiary/aromatic N) is 1. The van der Waals surface area contributed by atoms with E-state index in [-0.39, 0.29) is 0 Å². The number of hydrogen-bond acceptors (Lipinski definition) is 0. The van der Waals surface area contributed by atoms with Gasteiger partial charge in [0.1, 0.15) is 23.1 Å². The molecule has 0 heterocycles. The fourth-order valence-corrected chi connectivity index (χ4v) is 4.55. The Hall–Kier alpha value is -2.38. The molecule has 28 heavy (non-hydrogen) atoms. The van der Waals surface area contributed by atoms with Gasteiger partial charge in [-0.15, -0.1) is 0 Å². The second kappa shape index (κ2) is 10.2. The Labute approximate surface area is 171 Å². The molecule has 1 unspecified atom stereocenters. The van der Waals surface area contributed by atoms with Crippen molar-refractivity contribution < 1.29 is 0 Å². The Kier molecular flexibility index (Phi) is 7.45. The average Bonchev–Trinajstić information content (AvgIpc) is 2.78. The van der Waals surface area contributed by atoms with E-state index in [9.17, 15) is 0 Å². The van der Waals surface area contributed by atoms with Crippen molar-refractivity contribution in [3.63, 3.8) is 0 Å². The molecule has 146 valence electrons. The maximum atomic E-state index is 2.35. The van der Waals surface area contributed by atoms with Gasteiger partial charge >= 0.3 is 0 Å². The summed E-state index contributed by atoms with van der Waals surface area (Å²) in [5.41, 5.74) is 4.05. The first-order chi connectivity index (χ1) is 13.8. The van der Waals surface area contributed by atoms with E-state index in [4.69, 9.17) is 0 Å². The summed E-state index contributed by atoms with van der Waals surface area (Å²) in [6, 6.07) is 33.7.